The molecule has 0 aliphatic heterocycles. The van der Waals surface area contributed by atoms with Gasteiger partial charge in [-0.3, -0.25) is 14.3 Å². The molecule has 1 aliphatic carbocycles. The van der Waals surface area contributed by atoms with Crippen LogP contribution in [0.15, 0.2) is 30.3 Å². The van der Waals surface area contributed by atoms with Crippen LogP contribution in [-0.4, -0.2) is 34.7 Å². The molecule has 0 atom stereocenters. The maximum absolute atomic E-state index is 13.2. The molecule has 27 heavy (non-hydrogen) atoms. The summed E-state index contributed by atoms with van der Waals surface area (Å²) in [5.41, 5.74) is 1.52. The number of carbonyl (C=O) groups is 2. The zero-order chi connectivity index (χ0) is 19.0. The maximum atomic E-state index is 13.2. The van der Waals surface area contributed by atoms with Crippen LogP contribution in [0.1, 0.15) is 22.5 Å². The average Bonchev–Trinajstić information content (AvgIpc) is 3.34. The van der Waals surface area contributed by atoms with Crippen molar-refractivity contribution in [2.75, 3.05) is 13.1 Å². The number of benzene rings is 1. The van der Waals surface area contributed by atoms with Crippen molar-refractivity contribution >= 4 is 33.4 Å². The minimum atomic E-state index is -0.301. The predicted octanol–water partition coefficient (Wildman–Crippen LogP) is 2.70. The van der Waals surface area contributed by atoms with Crippen molar-refractivity contribution in [2.45, 2.75) is 12.8 Å². The van der Waals surface area contributed by atoms with Crippen LogP contribution in [0.25, 0.3) is 21.5 Å². The fraction of sp³-hybridized carbons (Fsp3) is 0.316. The number of nitrogens with one attached hydrogen (secondary N) is 2. The van der Waals surface area contributed by atoms with Crippen LogP contribution in [0.3, 0.4) is 0 Å². The number of fused-ring (bicyclic) bond motifs is 1. The first kappa shape index (κ1) is 17.7. The van der Waals surface area contributed by atoms with Gasteiger partial charge in [-0.2, -0.15) is 5.10 Å². The number of hydrogen-bond donors (Lipinski definition) is 2. The molecule has 0 unspecified atom stereocenters. The fourth-order valence-electron chi connectivity index (χ4n) is 2.91. The van der Waals surface area contributed by atoms with E-state index in [-0.39, 0.29) is 23.5 Å². The smallest absolute Gasteiger partial charge is 0.261 e. The quantitative estimate of drug-likeness (QED) is 0.640. The van der Waals surface area contributed by atoms with Crippen LogP contribution in [0.5, 0.6) is 0 Å². The van der Waals surface area contributed by atoms with E-state index in [1.807, 2.05) is 13.1 Å². The second-order valence-electron chi connectivity index (χ2n) is 6.63. The molecule has 3 aromatic rings. The SMILES string of the molecule is Cn1nc(-c2ccc(F)cc2)c2cc(C(=O)NCCNC(=O)C3CC3)sc21. The van der Waals surface area contributed by atoms with Crippen LogP contribution in [-0.2, 0) is 11.8 Å². The van der Waals surface area contributed by atoms with E-state index in [1.54, 1.807) is 16.8 Å². The monoisotopic (exact) mass is 386 g/mol. The first-order valence-corrected chi connectivity index (χ1v) is 9.63. The van der Waals surface area contributed by atoms with Gasteiger partial charge in [0.25, 0.3) is 5.91 Å². The topological polar surface area (TPSA) is 76.0 Å². The summed E-state index contributed by atoms with van der Waals surface area (Å²) in [4.78, 5) is 25.4. The van der Waals surface area contributed by atoms with Crippen molar-refractivity contribution in [3.63, 3.8) is 0 Å². The van der Waals surface area contributed by atoms with E-state index < -0.39 is 0 Å². The van der Waals surface area contributed by atoms with Crippen LogP contribution >= 0.6 is 11.3 Å². The zero-order valence-corrected chi connectivity index (χ0v) is 15.6. The third-order valence-electron chi connectivity index (χ3n) is 4.51. The van der Waals surface area contributed by atoms with Gasteiger partial charge >= 0.3 is 0 Å². The fourth-order valence-corrected chi connectivity index (χ4v) is 3.90. The lowest BCUT2D eigenvalue weighted by Crippen LogP contribution is -2.35. The Kier molecular flexibility index (Phi) is 4.65. The van der Waals surface area contributed by atoms with Gasteiger partial charge in [0.05, 0.1) is 4.88 Å². The van der Waals surface area contributed by atoms with E-state index in [2.05, 4.69) is 15.7 Å². The van der Waals surface area contributed by atoms with Crippen LogP contribution in [0, 0.1) is 11.7 Å². The molecule has 1 fully saturated rings. The first-order valence-electron chi connectivity index (χ1n) is 8.81. The van der Waals surface area contributed by atoms with Crippen molar-refractivity contribution in [3.05, 3.63) is 41.0 Å². The molecule has 0 bridgehead atoms. The van der Waals surface area contributed by atoms with Gasteiger partial charge in [-0.25, -0.2) is 4.39 Å². The minimum Gasteiger partial charge on any atom is -0.354 e. The molecule has 8 heteroatoms. The molecule has 0 spiro atoms. The number of hydrogen-bond acceptors (Lipinski definition) is 4. The molecule has 140 valence electrons. The van der Waals surface area contributed by atoms with Gasteiger partial charge in [-0.05, 0) is 43.2 Å². The molecule has 6 nitrogen and oxygen atoms in total. The number of aromatic nitrogens is 2. The number of thiophene rings is 1. The molecule has 2 amide bonds. The number of carbonyl (C=O) groups excluding carboxylic acids is 2. The molecule has 2 N–H and O–H groups in total. The Labute approximate surface area is 159 Å². The number of halogens is 1. The Balaban J connectivity index is 1.46. The molecule has 2 aromatic heterocycles. The maximum Gasteiger partial charge on any atom is 0.261 e. The highest BCUT2D eigenvalue weighted by atomic mass is 32.1. The number of nitrogens with zero attached hydrogens (tertiary/aromatic N) is 2. The first-order chi connectivity index (χ1) is 13.0. The molecule has 1 saturated carbocycles. The number of rotatable bonds is 6. The summed E-state index contributed by atoms with van der Waals surface area (Å²) in [5.74, 6) is -0.242. The Bertz CT molecular complexity index is 1000. The van der Waals surface area contributed by atoms with Crippen LogP contribution < -0.4 is 10.6 Å². The van der Waals surface area contributed by atoms with E-state index in [9.17, 15) is 14.0 Å². The summed E-state index contributed by atoms with van der Waals surface area (Å²) in [5, 5.41) is 11.0. The summed E-state index contributed by atoms with van der Waals surface area (Å²) >= 11 is 1.36. The van der Waals surface area contributed by atoms with Gasteiger partial charge < -0.3 is 10.6 Å². The lowest BCUT2D eigenvalue weighted by atomic mass is 10.1. The van der Waals surface area contributed by atoms with Gasteiger partial charge in [0, 0.05) is 37.0 Å². The highest BCUT2D eigenvalue weighted by Gasteiger charge is 2.29. The summed E-state index contributed by atoms with van der Waals surface area (Å²) in [7, 11) is 1.82. The number of aryl methyl sites for hydroxylation is 1. The zero-order valence-electron chi connectivity index (χ0n) is 14.8. The van der Waals surface area contributed by atoms with Crippen molar-refractivity contribution < 1.29 is 14.0 Å². The Morgan fingerprint density at radius 2 is 1.93 bits per heavy atom. The van der Waals surface area contributed by atoms with Gasteiger partial charge in [-0.15, -0.1) is 11.3 Å². The molecule has 1 aliphatic rings. The minimum absolute atomic E-state index is 0.0705. The molecular weight excluding hydrogens is 367 g/mol. The standard InChI is InChI=1S/C19H19FN4O2S/c1-24-19-14(16(23-24)11-4-6-13(20)7-5-11)10-15(27-19)18(26)22-9-8-21-17(25)12-2-3-12/h4-7,10,12H,2-3,8-9H2,1H3,(H,21,25)(H,22,26). The Morgan fingerprint density at radius 3 is 2.63 bits per heavy atom. The largest absolute Gasteiger partial charge is 0.354 e. The Hall–Kier alpha value is -2.74. The lowest BCUT2D eigenvalue weighted by Gasteiger charge is -2.05. The highest BCUT2D eigenvalue weighted by molar-refractivity contribution is 7.20. The van der Waals surface area contributed by atoms with Crippen LogP contribution in [0.2, 0.25) is 0 Å². The number of amides is 2. The molecule has 1 aromatic carbocycles. The lowest BCUT2D eigenvalue weighted by molar-refractivity contribution is -0.122. The summed E-state index contributed by atoms with van der Waals surface area (Å²) in [6.45, 7) is 0.808. The third-order valence-corrected chi connectivity index (χ3v) is 5.71. The molecule has 0 radical (unpaired) electrons. The van der Waals surface area contributed by atoms with Gasteiger partial charge in [0.15, 0.2) is 0 Å². The van der Waals surface area contributed by atoms with E-state index in [4.69, 9.17) is 0 Å². The second-order valence-corrected chi connectivity index (χ2v) is 7.66. The van der Waals surface area contributed by atoms with Crippen molar-refractivity contribution in [1.29, 1.82) is 0 Å². The van der Waals surface area contributed by atoms with Crippen molar-refractivity contribution in [2.24, 2.45) is 13.0 Å². The summed E-state index contributed by atoms with van der Waals surface area (Å²) in [6.07, 6.45) is 1.93. The second kappa shape index (κ2) is 7.11. The normalized spacial score (nSPS) is 13.7. The van der Waals surface area contributed by atoms with Gasteiger partial charge in [0.2, 0.25) is 5.91 Å². The van der Waals surface area contributed by atoms with Gasteiger partial charge in [0.1, 0.15) is 16.3 Å². The molecule has 4 rings (SSSR count). The summed E-state index contributed by atoms with van der Waals surface area (Å²) < 4.78 is 14.9. The van der Waals surface area contributed by atoms with Crippen molar-refractivity contribution in [1.82, 2.24) is 20.4 Å². The average molecular weight is 386 g/mol. The van der Waals surface area contributed by atoms with E-state index >= 15 is 0 Å². The van der Waals surface area contributed by atoms with Crippen LogP contribution in [0.4, 0.5) is 4.39 Å². The van der Waals surface area contributed by atoms with E-state index in [1.165, 1.54) is 23.5 Å². The molecule has 2 heterocycles. The summed E-state index contributed by atoms with van der Waals surface area (Å²) in [6, 6.07) is 7.95. The van der Waals surface area contributed by atoms with E-state index in [0.29, 0.717) is 18.0 Å². The highest BCUT2D eigenvalue weighted by Crippen LogP contribution is 2.33. The molecule has 0 saturated heterocycles. The molecular formula is C19H19FN4O2S. The predicted molar refractivity (Wildman–Crippen MR) is 102 cm³/mol. The third kappa shape index (κ3) is 3.71. The van der Waals surface area contributed by atoms with Gasteiger partial charge in [-0.1, -0.05) is 0 Å². The van der Waals surface area contributed by atoms with Crippen molar-refractivity contribution in [3.8, 4) is 11.3 Å². The van der Waals surface area contributed by atoms with E-state index in [0.717, 1.165) is 34.3 Å². The Morgan fingerprint density at radius 1 is 1.22 bits per heavy atom.